The zero-order chi connectivity index (χ0) is 12.9. The Bertz CT molecular complexity index is 263. The molecule has 3 aliphatic heterocycles. The molecular weight excluding hydrogens is 240 g/mol. The minimum Gasteiger partial charge on any atom is -0.349 e. The summed E-state index contributed by atoms with van der Waals surface area (Å²) in [6, 6.07) is 0.501. The molecule has 0 aromatic carbocycles. The second-order valence-electron chi connectivity index (χ2n) is 6.11. The van der Waals surface area contributed by atoms with Gasteiger partial charge in [-0.05, 0) is 45.3 Å². The average Bonchev–Trinajstić information content (AvgIpc) is 3.01. The van der Waals surface area contributed by atoms with Gasteiger partial charge in [0, 0.05) is 13.1 Å². The van der Waals surface area contributed by atoms with Gasteiger partial charge in [-0.3, -0.25) is 4.90 Å². The summed E-state index contributed by atoms with van der Waals surface area (Å²) >= 11 is 0. The lowest BCUT2D eigenvalue weighted by Crippen LogP contribution is -2.50. The summed E-state index contributed by atoms with van der Waals surface area (Å²) in [6.45, 7) is 7.80. The Kier molecular flexibility index (Phi) is 5.10. The molecule has 0 bridgehead atoms. The minimum absolute atomic E-state index is 0.0432. The second-order valence-corrected chi connectivity index (χ2v) is 6.11. The van der Waals surface area contributed by atoms with Crippen LogP contribution in [0.4, 0.5) is 0 Å². The summed E-state index contributed by atoms with van der Waals surface area (Å²) in [7, 11) is 0. The number of rotatable bonds is 4. The van der Waals surface area contributed by atoms with Crippen LogP contribution in [0, 0.1) is 0 Å². The highest BCUT2D eigenvalue weighted by Crippen LogP contribution is 2.24. The molecule has 0 spiro atoms. The van der Waals surface area contributed by atoms with E-state index >= 15 is 0 Å². The van der Waals surface area contributed by atoms with Crippen molar-refractivity contribution >= 4 is 0 Å². The van der Waals surface area contributed by atoms with Crippen molar-refractivity contribution in [2.75, 3.05) is 45.9 Å². The maximum atomic E-state index is 5.74. The Morgan fingerprint density at radius 2 is 1.53 bits per heavy atom. The number of likely N-dealkylation sites (tertiary alicyclic amines) is 2. The Labute approximate surface area is 117 Å². The largest absolute Gasteiger partial charge is 0.349 e. The predicted molar refractivity (Wildman–Crippen MR) is 75.2 cm³/mol. The highest BCUT2D eigenvalue weighted by atomic mass is 16.7. The van der Waals surface area contributed by atoms with Gasteiger partial charge in [-0.2, -0.15) is 0 Å². The molecule has 0 aliphatic carbocycles. The van der Waals surface area contributed by atoms with Gasteiger partial charge in [0.1, 0.15) is 0 Å². The fourth-order valence-corrected chi connectivity index (χ4v) is 3.65. The summed E-state index contributed by atoms with van der Waals surface area (Å²) in [5, 5.41) is 0. The first kappa shape index (κ1) is 13.8. The van der Waals surface area contributed by atoms with E-state index in [4.69, 9.17) is 9.47 Å². The van der Waals surface area contributed by atoms with Crippen LogP contribution >= 0.6 is 0 Å². The highest BCUT2D eigenvalue weighted by molar-refractivity contribution is 4.82. The van der Waals surface area contributed by atoms with E-state index in [1.54, 1.807) is 0 Å². The van der Waals surface area contributed by atoms with Crippen LogP contribution in [0.2, 0.25) is 0 Å². The van der Waals surface area contributed by atoms with Crippen molar-refractivity contribution < 1.29 is 9.47 Å². The fraction of sp³-hybridized carbons (Fsp3) is 1.00. The summed E-state index contributed by atoms with van der Waals surface area (Å²) in [6.07, 6.45) is 8.15. The van der Waals surface area contributed by atoms with E-state index in [-0.39, 0.29) is 6.29 Å². The zero-order valence-electron chi connectivity index (χ0n) is 12.1. The van der Waals surface area contributed by atoms with E-state index in [9.17, 15) is 0 Å². The van der Waals surface area contributed by atoms with Gasteiger partial charge in [0.15, 0.2) is 6.29 Å². The molecular formula is C15H28N2O2. The fourth-order valence-electron chi connectivity index (χ4n) is 3.65. The molecule has 0 aromatic heterocycles. The van der Waals surface area contributed by atoms with Crippen LogP contribution < -0.4 is 0 Å². The van der Waals surface area contributed by atoms with E-state index in [1.807, 2.05) is 0 Å². The maximum absolute atomic E-state index is 5.74. The molecule has 0 saturated carbocycles. The second kappa shape index (κ2) is 7.02. The lowest BCUT2D eigenvalue weighted by molar-refractivity contribution is -0.110. The molecule has 4 nitrogen and oxygen atoms in total. The topological polar surface area (TPSA) is 24.9 Å². The van der Waals surface area contributed by atoms with E-state index in [1.165, 1.54) is 71.2 Å². The van der Waals surface area contributed by atoms with Gasteiger partial charge in [-0.1, -0.05) is 12.8 Å². The van der Waals surface area contributed by atoms with Gasteiger partial charge in [-0.15, -0.1) is 0 Å². The van der Waals surface area contributed by atoms with Crippen molar-refractivity contribution in [3.8, 4) is 0 Å². The summed E-state index contributed by atoms with van der Waals surface area (Å²) in [5.41, 5.74) is 0. The summed E-state index contributed by atoms with van der Waals surface area (Å²) in [4.78, 5) is 5.25. The molecule has 3 fully saturated rings. The normalized spacial score (nSPS) is 31.9. The maximum Gasteiger partial charge on any atom is 0.173 e. The van der Waals surface area contributed by atoms with Gasteiger partial charge in [0.2, 0.25) is 0 Å². The number of hydrogen-bond donors (Lipinski definition) is 0. The Morgan fingerprint density at radius 1 is 0.789 bits per heavy atom. The van der Waals surface area contributed by atoms with Gasteiger partial charge in [0.25, 0.3) is 0 Å². The van der Waals surface area contributed by atoms with Crippen molar-refractivity contribution in [1.82, 2.24) is 9.80 Å². The minimum atomic E-state index is 0.0432. The van der Waals surface area contributed by atoms with E-state index < -0.39 is 0 Å². The van der Waals surface area contributed by atoms with Crippen LogP contribution in [0.3, 0.4) is 0 Å². The van der Waals surface area contributed by atoms with Crippen molar-refractivity contribution in [2.24, 2.45) is 0 Å². The van der Waals surface area contributed by atoms with Gasteiger partial charge < -0.3 is 14.4 Å². The first-order chi connectivity index (χ1) is 9.43. The van der Waals surface area contributed by atoms with Crippen LogP contribution in [-0.2, 0) is 9.47 Å². The third kappa shape index (κ3) is 3.69. The molecule has 0 unspecified atom stereocenters. The molecule has 3 saturated heterocycles. The molecule has 3 rings (SSSR count). The predicted octanol–water partition coefficient (Wildman–Crippen LogP) is 1.70. The number of ether oxygens (including phenoxy) is 2. The molecule has 0 N–H and O–H groups in total. The Hall–Kier alpha value is -0.160. The molecule has 0 radical (unpaired) electrons. The SMILES string of the molecule is C1CCN(CCN2CCCC[C@@H]2C2OCCO2)CC1. The average molecular weight is 268 g/mol. The van der Waals surface area contributed by atoms with E-state index in [0.29, 0.717) is 6.04 Å². The first-order valence-corrected chi connectivity index (χ1v) is 8.13. The smallest absolute Gasteiger partial charge is 0.173 e. The van der Waals surface area contributed by atoms with Crippen LogP contribution in [0.25, 0.3) is 0 Å². The molecule has 19 heavy (non-hydrogen) atoms. The van der Waals surface area contributed by atoms with E-state index in [0.717, 1.165) is 13.2 Å². The zero-order valence-corrected chi connectivity index (χ0v) is 12.1. The lowest BCUT2D eigenvalue weighted by atomic mass is 10.0. The molecule has 1 atom stereocenters. The lowest BCUT2D eigenvalue weighted by Gasteiger charge is -2.39. The van der Waals surface area contributed by atoms with Crippen LogP contribution in [-0.4, -0.2) is 68.1 Å². The van der Waals surface area contributed by atoms with Crippen LogP contribution in [0.5, 0.6) is 0 Å². The monoisotopic (exact) mass is 268 g/mol. The van der Waals surface area contributed by atoms with Crippen molar-refractivity contribution in [3.05, 3.63) is 0 Å². The number of piperidine rings is 2. The molecule has 110 valence electrons. The summed E-state index contributed by atoms with van der Waals surface area (Å²) in [5.74, 6) is 0. The van der Waals surface area contributed by atoms with Gasteiger partial charge in [-0.25, -0.2) is 0 Å². The van der Waals surface area contributed by atoms with E-state index in [2.05, 4.69) is 9.80 Å². The third-order valence-electron chi connectivity index (χ3n) is 4.78. The third-order valence-corrected chi connectivity index (χ3v) is 4.78. The Balaban J connectivity index is 1.48. The van der Waals surface area contributed by atoms with Crippen molar-refractivity contribution in [1.29, 1.82) is 0 Å². The molecule has 4 heteroatoms. The number of nitrogens with zero attached hydrogens (tertiary/aromatic N) is 2. The number of hydrogen-bond acceptors (Lipinski definition) is 4. The quantitative estimate of drug-likeness (QED) is 0.775. The molecule has 3 heterocycles. The molecule has 0 amide bonds. The first-order valence-electron chi connectivity index (χ1n) is 8.13. The Morgan fingerprint density at radius 3 is 2.32 bits per heavy atom. The van der Waals surface area contributed by atoms with Crippen LogP contribution in [0.15, 0.2) is 0 Å². The van der Waals surface area contributed by atoms with Crippen molar-refractivity contribution in [3.63, 3.8) is 0 Å². The van der Waals surface area contributed by atoms with Gasteiger partial charge >= 0.3 is 0 Å². The molecule has 0 aromatic rings. The highest BCUT2D eigenvalue weighted by Gasteiger charge is 2.33. The van der Waals surface area contributed by atoms with Crippen molar-refractivity contribution in [2.45, 2.75) is 50.9 Å². The van der Waals surface area contributed by atoms with Crippen LogP contribution in [0.1, 0.15) is 38.5 Å². The van der Waals surface area contributed by atoms with Gasteiger partial charge in [0.05, 0.1) is 19.3 Å². The standard InChI is InChI=1S/C15H28N2O2/c1-3-7-16(8-4-1)10-11-17-9-5-2-6-14(17)15-18-12-13-19-15/h14-15H,1-13H2/t14-/m1/s1. The molecule has 3 aliphatic rings. The summed E-state index contributed by atoms with van der Waals surface area (Å²) < 4.78 is 11.5.